The van der Waals surface area contributed by atoms with Crippen LogP contribution in [0.1, 0.15) is 49.5 Å². The molecule has 2 aromatic heterocycles. The topological polar surface area (TPSA) is 95.6 Å². The summed E-state index contributed by atoms with van der Waals surface area (Å²) in [5.41, 5.74) is 2.82. The maximum atomic E-state index is 10.3. The molecule has 0 aliphatic carbocycles. The van der Waals surface area contributed by atoms with Gasteiger partial charge in [0.1, 0.15) is 5.76 Å². The van der Waals surface area contributed by atoms with Crippen molar-refractivity contribution < 1.29 is 9.63 Å². The van der Waals surface area contributed by atoms with Gasteiger partial charge in [0.15, 0.2) is 5.96 Å². The van der Waals surface area contributed by atoms with Gasteiger partial charge in [0.2, 0.25) is 0 Å². The third kappa shape index (κ3) is 6.24. The van der Waals surface area contributed by atoms with E-state index in [4.69, 9.17) is 4.52 Å². The molecule has 0 aromatic carbocycles. The number of aliphatic hydroxyl groups is 1. The van der Waals surface area contributed by atoms with Crippen LogP contribution in [0.5, 0.6) is 0 Å². The number of rotatable bonds is 8. The Morgan fingerprint density at radius 1 is 1.19 bits per heavy atom. The Morgan fingerprint density at radius 2 is 1.92 bits per heavy atom. The van der Waals surface area contributed by atoms with Crippen molar-refractivity contribution >= 4 is 29.9 Å². The van der Waals surface area contributed by atoms with E-state index in [1.54, 1.807) is 24.5 Å². The second kappa shape index (κ2) is 11.8. The lowest BCUT2D eigenvalue weighted by Crippen LogP contribution is -2.39. The van der Waals surface area contributed by atoms with E-state index < -0.39 is 6.10 Å². The maximum Gasteiger partial charge on any atom is 0.191 e. The molecule has 8 heteroatoms. The zero-order chi connectivity index (χ0) is 18.1. The molecule has 0 saturated heterocycles. The predicted molar refractivity (Wildman–Crippen MR) is 113 cm³/mol. The molecule has 2 aromatic rings. The number of guanidine groups is 1. The van der Waals surface area contributed by atoms with Crippen LogP contribution in [0.25, 0.3) is 0 Å². The van der Waals surface area contributed by atoms with Crippen molar-refractivity contribution in [2.45, 2.75) is 46.3 Å². The predicted octanol–water partition coefficient (Wildman–Crippen LogP) is 2.60. The van der Waals surface area contributed by atoms with Crippen LogP contribution >= 0.6 is 24.0 Å². The van der Waals surface area contributed by atoms with Gasteiger partial charge in [0, 0.05) is 37.5 Å². The molecule has 1 unspecified atom stereocenters. The number of aliphatic imine (C=N–C) groups is 1. The van der Waals surface area contributed by atoms with Gasteiger partial charge >= 0.3 is 0 Å². The van der Waals surface area contributed by atoms with E-state index in [2.05, 4.69) is 32.7 Å². The van der Waals surface area contributed by atoms with Crippen molar-refractivity contribution in [1.29, 1.82) is 0 Å². The summed E-state index contributed by atoms with van der Waals surface area (Å²) >= 11 is 0. The monoisotopic (exact) mass is 473 g/mol. The van der Waals surface area contributed by atoms with Crippen molar-refractivity contribution in [3.05, 3.63) is 47.1 Å². The van der Waals surface area contributed by atoms with Crippen molar-refractivity contribution in [3.8, 4) is 0 Å². The van der Waals surface area contributed by atoms with Crippen molar-refractivity contribution in [3.63, 3.8) is 0 Å². The molecular formula is C18H28IN5O2. The number of hydrogen-bond acceptors (Lipinski definition) is 5. The Balaban J connectivity index is 0.00000338. The van der Waals surface area contributed by atoms with E-state index in [0.29, 0.717) is 19.0 Å². The van der Waals surface area contributed by atoms with Crippen LogP contribution in [0.4, 0.5) is 0 Å². The number of aromatic nitrogens is 2. The summed E-state index contributed by atoms with van der Waals surface area (Å²) in [6.07, 6.45) is 4.33. The quantitative estimate of drug-likeness (QED) is 0.310. The highest BCUT2D eigenvalue weighted by atomic mass is 127. The minimum Gasteiger partial charge on any atom is -0.387 e. The summed E-state index contributed by atoms with van der Waals surface area (Å²) in [5.74, 6) is 1.54. The summed E-state index contributed by atoms with van der Waals surface area (Å²) in [7, 11) is 0. The van der Waals surface area contributed by atoms with Crippen LogP contribution in [0.2, 0.25) is 0 Å². The van der Waals surface area contributed by atoms with Gasteiger partial charge in [-0.1, -0.05) is 19.0 Å². The third-order valence-electron chi connectivity index (χ3n) is 3.90. The van der Waals surface area contributed by atoms with Gasteiger partial charge in [-0.05, 0) is 31.0 Å². The van der Waals surface area contributed by atoms with Gasteiger partial charge in [-0.25, -0.2) is 4.99 Å². The van der Waals surface area contributed by atoms with Crippen LogP contribution in [0.3, 0.4) is 0 Å². The van der Waals surface area contributed by atoms with Gasteiger partial charge in [-0.15, -0.1) is 24.0 Å². The van der Waals surface area contributed by atoms with Gasteiger partial charge in [0.05, 0.1) is 18.3 Å². The van der Waals surface area contributed by atoms with E-state index in [9.17, 15) is 5.11 Å². The lowest BCUT2D eigenvalue weighted by molar-refractivity contribution is 0.180. The number of hydrogen-bond donors (Lipinski definition) is 3. The maximum absolute atomic E-state index is 10.3. The standard InChI is InChI=1S/C18H27N5O2.HI/c1-4-15-14(17(5-2)25-23-15)11-21-18(20-6-3)22-12-16(24)13-7-9-19-10-8-13;/h7-10,16,24H,4-6,11-12H2,1-3H3,(H2,20,21,22);1H. The number of pyridine rings is 1. The minimum absolute atomic E-state index is 0. The van der Waals surface area contributed by atoms with Crippen LogP contribution in [0.15, 0.2) is 34.0 Å². The lowest BCUT2D eigenvalue weighted by atomic mass is 10.1. The second-order valence-electron chi connectivity index (χ2n) is 5.61. The largest absolute Gasteiger partial charge is 0.387 e. The molecule has 0 aliphatic rings. The molecule has 0 aliphatic heterocycles. The first kappa shape index (κ1) is 22.4. The molecule has 26 heavy (non-hydrogen) atoms. The number of aryl methyl sites for hydroxylation is 2. The van der Waals surface area contributed by atoms with Crippen LogP contribution in [0, 0.1) is 0 Å². The Hall–Kier alpha value is -1.68. The smallest absolute Gasteiger partial charge is 0.191 e. The molecule has 2 rings (SSSR count). The van der Waals surface area contributed by atoms with E-state index in [1.807, 2.05) is 13.8 Å². The molecule has 3 N–H and O–H groups in total. The highest BCUT2D eigenvalue weighted by Crippen LogP contribution is 2.17. The first-order chi connectivity index (χ1) is 12.2. The van der Waals surface area contributed by atoms with E-state index >= 15 is 0 Å². The molecule has 1 atom stereocenters. The van der Waals surface area contributed by atoms with Crippen molar-refractivity contribution in [2.75, 3.05) is 13.1 Å². The highest BCUT2D eigenvalue weighted by Gasteiger charge is 2.13. The Kier molecular flexibility index (Phi) is 10.2. The van der Waals surface area contributed by atoms with E-state index in [0.717, 1.165) is 42.0 Å². The van der Waals surface area contributed by atoms with Crippen molar-refractivity contribution in [1.82, 2.24) is 20.8 Å². The van der Waals surface area contributed by atoms with Crippen LogP contribution < -0.4 is 10.6 Å². The zero-order valence-corrected chi connectivity index (χ0v) is 17.9. The van der Waals surface area contributed by atoms with Gasteiger partial charge in [-0.2, -0.15) is 0 Å². The van der Waals surface area contributed by atoms with Gasteiger partial charge in [0.25, 0.3) is 0 Å². The molecule has 0 radical (unpaired) electrons. The fourth-order valence-electron chi connectivity index (χ4n) is 2.51. The average Bonchev–Trinajstić information content (AvgIpc) is 3.06. The number of nitrogens with zero attached hydrogens (tertiary/aromatic N) is 3. The first-order valence-corrected chi connectivity index (χ1v) is 8.75. The van der Waals surface area contributed by atoms with Crippen LogP contribution in [-0.2, 0) is 19.4 Å². The summed E-state index contributed by atoms with van der Waals surface area (Å²) in [6.45, 7) is 7.70. The minimum atomic E-state index is -0.625. The van der Waals surface area contributed by atoms with E-state index in [1.165, 1.54) is 0 Å². The normalized spacial score (nSPS) is 12.4. The number of nitrogens with one attached hydrogen (secondary N) is 2. The molecule has 0 spiro atoms. The lowest BCUT2D eigenvalue weighted by Gasteiger charge is -2.15. The highest BCUT2D eigenvalue weighted by molar-refractivity contribution is 14.0. The molecular weight excluding hydrogens is 445 g/mol. The second-order valence-corrected chi connectivity index (χ2v) is 5.61. The van der Waals surface area contributed by atoms with Crippen molar-refractivity contribution in [2.24, 2.45) is 4.99 Å². The molecule has 0 fully saturated rings. The first-order valence-electron chi connectivity index (χ1n) is 8.75. The van der Waals surface area contributed by atoms with Crippen LogP contribution in [-0.4, -0.2) is 34.3 Å². The molecule has 7 nitrogen and oxygen atoms in total. The van der Waals surface area contributed by atoms with Gasteiger partial charge in [-0.3, -0.25) is 4.98 Å². The molecule has 0 saturated carbocycles. The summed E-state index contributed by atoms with van der Waals surface area (Å²) in [4.78, 5) is 8.57. The average molecular weight is 473 g/mol. The SMILES string of the molecule is CCNC(=NCc1c(CC)noc1CC)NCC(O)c1ccncc1.I. The van der Waals surface area contributed by atoms with E-state index in [-0.39, 0.29) is 24.0 Å². The summed E-state index contributed by atoms with van der Waals surface area (Å²) < 4.78 is 5.38. The molecule has 2 heterocycles. The Bertz CT molecular complexity index is 654. The van der Waals surface area contributed by atoms with Gasteiger partial charge < -0.3 is 20.3 Å². The summed E-state index contributed by atoms with van der Waals surface area (Å²) in [5, 5.41) is 20.7. The summed E-state index contributed by atoms with van der Waals surface area (Å²) in [6, 6.07) is 3.60. The fourth-order valence-corrected chi connectivity index (χ4v) is 2.51. The molecule has 144 valence electrons. The fraction of sp³-hybridized carbons (Fsp3) is 0.500. The third-order valence-corrected chi connectivity index (χ3v) is 3.90. The molecule has 0 amide bonds. The zero-order valence-electron chi connectivity index (χ0n) is 15.5. The number of halogens is 1. The Morgan fingerprint density at radius 3 is 2.54 bits per heavy atom. The number of aliphatic hydroxyl groups excluding tert-OH is 1. The Labute approximate surface area is 171 Å². The molecule has 0 bridgehead atoms.